The van der Waals surface area contributed by atoms with Crippen molar-refractivity contribution in [3.05, 3.63) is 89.0 Å². The van der Waals surface area contributed by atoms with E-state index in [1.165, 1.54) is 25.3 Å². The minimum Gasteiger partial charge on any atom is -0.469 e. The number of carbonyl (C=O) groups excluding carboxylic acids is 2. The van der Waals surface area contributed by atoms with E-state index in [0.717, 1.165) is 5.56 Å². The Morgan fingerprint density at radius 1 is 1.11 bits per heavy atom. The number of nitrogens with zero attached hydrogens (tertiary/aromatic N) is 3. The minimum atomic E-state index is -1.09. The first-order valence-electron chi connectivity index (χ1n) is 12.4. The van der Waals surface area contributed by atoms with Gasteiger partial charge in [0.15, 0.2) is 5.69 Å². The number of aliphatic hydroxyl groups is 2. The number of hydrogen-bond acceptors (Lipinski definition) is 6. The molecular formula is C29H34FN3O5. The smallest absolute Gasteiger partial charge is 0.308 e. The van der Waals surface area contributed by atoms with Gasteiger partial charge in [-0.25, -0.2) is 9.07 Å². The quantitative estimate of drug-likeness (QED) is 0.367. The van der Waals surface area contributed by atoms with Gasteiger partial charge in [0.25, 0.3) is 5.91 Å². The lowest BCUT2D eigenvalue weighted by Gasteiger charge is -2.17. The Hall–Kier alpha value is -3.82. The van der Waals surface area contributed by atoms with Crippen molar-refractivity contribution in [3.63, 3.8) is 0 Å². The number of ether oxygens (including phenoxy) is 1. The summed E-state index contributed by atoms with van der Waals surface area (Å²) in [5.74, 6) is -1.37. The monoisotopic (exact) mass is 523 g/mol. The van der Waals surface area contributed by atoms with Gasteiger partial charge in [0, 0.05) is 25.6 Å². The molecule has 0 aliphatic heterocycles. The van der Waals surface area contributed by atoms with Crippen molar-refractivity contribution < 1.29 is 28.9 Å². The third-order valence-corrected chi connectivity index (χ3v) is 6.04. The highest BCUT2D eigenvalue weighted by Crippen LogP contribution is 2.29. The largest absolute Gasteiger partial charge is 0.469 e. The van der Waals surface area contributed by atoms with E-state index in [0.29, 0.717) is 23.5 Å². The minimum absolute atomic E-state index is 0.0844. The molecule has 9 heteroatoms. The second-order valence-electron chi connectivity index (χ2n) is 9.43. The molecule has 3 rings (SSSR count). The van der Waals surface area contributed by atoms with Gasteiger partial charge in [-0.3, -0.25) is 9.59 Å². The first-order valence-corrected chi connectivity index (χ1v) is 12.4. The zero-order valence-corrected chi connectivity index (χ0v) is 22.0. The van der Waals surface area contributed by atoms with E-state index >= 15 is 0 Å². The summed E-state index contributed by atoms with van der Waals surface area (Å²) in [6.07, 6.45) is 0.626. The molecule has 0 aliphatic carbocycles. The van der Waals surface area contributed by atoms with Gasteiger partial charge in [-0.05, 0) is 41.8 Å². The van der Waals surface area contributed by atoms with Gasteiger partial charge in [0.05, 0.1) is 37.1 Å². The van der Waals surface area contributed by atoms with Crippen LogP contribution in [0.25, 0.3) is 11.8 Å². The third kappa shape index (κ3) is 7.36. The van der Waals surface area contributed by atoms with Crippen LogP contribution in [-0.4, -0.2) is 63.1 Å². The summed E-state index contributed by atoms with van der Waals surface area (Å²) >= 11 is 0. The summed E-state index contributed by atoms with van der Waals surface area (Å²) in [5, 5.41) is 25.2. The summed E-state index contributed by atoms with van der Waals surface area (Å²) in [7, 11) is 2.93. The topological polar surface area (TPSA) is 105 Å². The third-order valence-electron chi connectivity index (χ3n) is 6.04. The molecule has 8 nitrogen and oxygen atoms in total. The zero-order valence-electron chi connectivity index (χ0n) is 22.0. The average Bonchev–Trinajstić information content (AvgIpc) is 3.27. The van der Waals surface area contributed by atoms with Crippen LogP contribution < -0.4 is 0 Å². The summed E-state index contributed by atoms with van der Waals surface area (Å²) in [6.45, 7) is 4.27. The van der Waals surface area contributed by atoms with E-state index in [1.807, 2.05) is 44.2 Å². The highest BCUT2D eigenvalue weighted by molar-refractivity contribution is 5.95. The van der Waals surface area contributed by atoms with Crippen molar-refractivity contribution >= 4 is 18.0 Å². The molecule has 38 heavy (non-hydrogen) atoms. The van der Waals surface area contributed by atoms with E-state index in [4.69, 9.17) is 0 Å². The van der Waals surface area contributed by atoms with E-state index in [2.05, 4.69) is 9.84 Å². The Kier molecular flexibility index (Phi) is 9.92. The van der Waals surface area contributed by atoms with Crippen molar-refractivity contribution in [1.82, 2.24) is 14.7 Å². The highest BCUT2D eigenvalue weighted by atomic mass is 19.1. The number of benzene rings is 2. The van der Waals surface area contributed by atoms with Gasteiger partial charge in [0.1, 0.15) is 5.82 Å². The zero-order chi connectivity index (χ0) is 27.8. The molecule has 0 saturated heterocycles. The van der Waals surface area contributed by atoms with Gasteiger partial charge in [-0.1, -0.05) is 50.3 Å². The van der Waals surface area contributed by atoms with Crippen molar-refractivity contribution in [2.45, 2.75) is 51.4 Å². The van der Waals surface area contributed by atoms with Crippen LogP contribution in [-0.2, 0) is 16.1 Å². The van der Waals surface area contributed by atoms with Crippen molar-refractivity contribution in [3.8, 4) is 5.69 Å². The molecule has 0 unspecified atom stereocenters. The predicted molar refractivity (Wildman–Crippen MR) is 142 cm³/mol. The highest BCUT2D eigenvalue weighted by Gasteiger charge is 2.27. The normalized spacial score (nSPS) is 13.1. The molecule has 0 fully saturated rings. The first kappa shape index (κ1) is 28.7. The van der Waals surface area contributed by atoms with E-state index in [-0.39, 0.29) is 30.4 Å². The maximum absolute atomic E-state index is 13.7. The molecule has 1 heterocycles. The van der Waals surface area contributed by atoms with Gasteiger partial charge >= 0.3 is 5.97 Å². The maximum Gasteiger partial charge on any atom is 0.308 e. The molecule has 0 bridgehead atoms. The number of carbonyl (C=O) groups is 2. The molecule has 2 atom stereocenters. The molecule has 3 aromatic rings. The van der Waals surface area contributed by atoms with Crippen LogP contribution in [0.15, 0.2) is 60.7 Å². The van der Waals surface area contributed by atoms with Crippen LogP contribution in [0.2, 0.25) is 0 Å². The molecule has 2 N–H and O–H groups in total. The van der Waals surface area contributed by atoms with Crippen LogP contribution >= 0.6 is 0 Å². The van der Waals surface area contributed by atoms with Crippen LogP contribution in [0.3, 0.4) is 0 Å². The fraction of sp³-hybridized carbons (Fsp3) is 0.345. The summed E-state index contributed by atoms with van der Waals surface area (Å²) in [6, 6.07) is 15.3. The number of esters is 1. The molecule has 2 aromatic carbocycles. The molecular weight excluding hydrogens is 489 g/mol. The number of methoxy groups -OCH3 is 1. The summed E-state index contributed by atoms with van der Waals surface area (Å²) in [4.78, 5) is 26.6. The fourth-order valence-electron chi connectivity index (χ4n) is 4.14. The Bertz CT molecular complexity index is 1260. The Morgan fingerprint density at radius 3 is 2.37 bits per heavy atom. The Balaban J connectivity index is 1.99. The van der Waals surface area contributed by atoms with Crippen LogP contribution in [0.1, 0.15) is 59.9 Å². The standard InChI is InChI=1S/C29H34FN3O5/c1-19(2)27-25(15-14-23(34)16-24(35)17-26(36)38-4)33(22-12-10-21(30)11-13-22)31-28(27)29(37)32(3)18-20-8-6-5-7-9-20/h5-15,19,23-24,34-35H,16-18H2,1-4H3/b15-14+/t23-,24-/m1/s1. The lowest BCUT2D eigenvalue weighted by atomic mass is 9.98. The summed E-state index contributed by atoms with van der Waals surface area (Å²) in [5.41, 5.74) is 2.98. The molecule has 0 spiro atoms. The number of rotatable bonds is 11. The van der Waals surface area contributed by atoms with E-state index in [1.54, 1.807) is 34.8 Å². The second kappa shape index (κ2) is 13.1. The number of halogens is 1. The average molecular weight is 524 g/mol. The SMILES string of the molecule is COC(=O)C[C@H](O)C[C@H](O)/C=C/c1c(C(C)C)c(C(=O)N(C)Cc2ccccc2)nn1-c1ccc(F)cc1. The van der Waals surface area contributed by atoms with E-state index < -0.39 is 24.0 Å². The number of aliphatic hydroxyl groups excluding tert-OH is 2. The van der Waals surface area contributed by atoms with Crippen LogP contribution in [0.5, 0.6) is 0 Å². The number of aromatic nitrogens is 2. The van der Waals surface area contributed by atoms with E-state index in [9.17, 15) is 24.2 Å². The lowest BCUT2D eigenvalue weighted by molar-refractivity contribution is -0.143. The molecule has 1 aromatic heterocycles. The molecule has 1 amide bonds. The van der Waals surface area contributed by atoms with Gasteiger partial charge in [-0.15, -0.1) is 0 Å². The molecule has 0 radical (unpaired) electrons. The summed E-state index contributed by atoms with van der Waals surface area (Å²) < 4.78 is 19.8. The molecule has 202 valence electrons. The number of amides is 1. The van der Waals surface area contributed by atoms with Crippen LogP contribution in [0.4, 0.5) is 4.39 Å². The first-order chi connectivity index (χ1) is 18.1. The van der Waals surface area contributed by atoms with Gasteiger partial charge < -0.3 is 19.8 Å². The van der Waals surface area contributed by atoms with Crippen LogP contribution in [0, 0.1) is 5.82 Å². The lowest BCUT2D eigenvalue weighted by Crippen LogP contribution is -2.27. The van der Waals surface area contributed by atoms with Crippen molar-refractivity contribution in [1.29, 1.82) is 0 Å². The Labute approximate surface area is 222 Å². The molecule has 0 saturated carbocycles. The molecule has 0 aliphatic rings. The van der Waals surface area contributed by atoms with Gasteiger partial charge in [-0.2, -0.15) is 5.10 Å². The Morgan fingerprint density at radius 2 is 1.76 bits per heavy atom. The van der Waals surface area contributed by atoms with Crippen molar-refractivity contribution in [2.75, 3.05) is 14.2 Å². The van der Waals surface area contributed by atoms with Crippen molar-refractivity contribution in [2.24, 2.45) is 0 Å². The van der Waals surface area contributed by atoms with Gasteiger partial charge in [0.2, 0.25) is 0 Å². The maximum atomic E-state index is 13.7. The fourth-order valence-corrected chi connectivity index (χ4v) is 4.14. The predicted octanol–water partition coefficient (Wildman–Crippen LogP) is 4.10. The number of hydrogen-bond donors (Lipinski definition) is 2. The second-order valence-corrected chi connectivity index (χ2v) is 9.43.